The third-order valence-corrected chi connectivity index (χ3v) is 3.33. The van der Waals surface area contributed by atoms with Gasteiger partial charge in [0, 0.05) is 6.42 Å². The van der Waals surface area contributed by atoms with Gasteiger partial charge in [-0.25, -0.2) is 9.59 Å². The molecule has 4 N–H and O–H groups in total. The van der Waals surface area contributed by atoms with Gasteiger partial charge in [0.2, 0.25) is 0 Å². The van der Waals surface area contributed by atoms with Crippen molar-refractivity contribution in [3.8, 4) is 11.5 Å². The number of amides is 1. The van der Waals surface area contributed by atoms with Gasteiger partial charge in [-0.05, 0) is 24.6 Å². The lowest BCUT2D eigenvalue weighted by atomic mass is 9.93. The van der Waals surface area contributed by atoms with E-state index in [1.165, 1.54) is 25.1 Å². The molecule has 0 aliphatic rings. The third-order valence-electron chi connectivity index (χ3n) is 3.33. The average Bonchev–Trinajstić information content (AvgIpc) is 2.56. The molecule has 12 heteroatoms. The van der Waals surface area contributed by atoms with E-state index < -0.39 is 28.4 Å². The van der Waals surface area contributed by atoms with E-state index in [2.05, 4.69) is 10.2 Å². The number of nitrogens with one attached hydrogen (secondary N) is 1. The van der Waals surface area contributed by atoms with Crippen LogP contribution in [0.5, 0.6) is 11.5 Å². The van der Waals surface area contributed by atoms with Crippen LogP contribution in [-0.2, 0) is 25.5 Å². The fourth-order valence-corrected chi connectivity index (χ4v) is 1.99. The summed E-state index contributed by atoms with van der Waals surface area (Å²) in [7, 11) is 0. The number of aliphatic carboxylic acids is 1. The van der Waals surface area contributed by atoms with E-state index in [1.54, 1.807) is 0 Å². The number of benzene rings is 1. The maximum atomic E-state index is 11.8. The molecular formula is C15H20N2O10. The number of carboxylic acid groups (broad SMARTS) is 1. The maximum absolute atomic E-state index is 11.8. The summed E-state index contributed by atoms with van der Waals surface area (Å²) >= 11 is 0. The van der Waals surface area contributed by atoms with Crippen LogP contribution in [-0.4, -0.2) is 64.4 Å². The van der Waals surface area contributed by atoms with Gasteiger partial charge in [-0.2, -0.15) is 0 Å². The monoisotopic (exact) mass is 388 g/mol. The first kappa shape index (κ1) is 21.8. The largest absolute Gasteiger partial charge is 0.504 e. The third kappa shape index (κ3) is 7.64. The standard InChI is InChI=1S/C15H20N2O10/c1-15(13(20)21,9-10-2-3-11(18)12(19)8-10)16-14(22)26-6-4-25-5-7-27-17(23)24/h2-3,8,18-19H,4-7,9H2,1H3,(H,16,22)(H,20,21). The van der Waals surface area contributed by atoms with Crippen LogP contribution >= 0.6 is 0 Å². The Balaban J connectivity index is 2.48. The second kappa shape index (κ2) is 10.0. The lowest BCUT2D eigenvalue weighted by Crippen LogP contribution is -2.54. The number of phenolic OH excluding ortho intramolecular Hbond substituents is 2. The van der Waals surface area contributed by atoms with Gasteiger partial charge >= 0.3 is 12.1 Å². The minimum atomic E-state index is -1.74. The fourth-order valence-electron chi connectivity index (χ4n) is 1.99. The van der Waals surface area contributed by atoms with E-state index in [1.807, 2.05) is 0 Å². The van der Waals surface area contributed by atoms with Gasteiger partial charge in [0.25, 0.3) is 5.09 Å². The molecule has 12 nitrogen and oxygen atoms in total. The first-order chi connectivity index (χ1) is 12.6. The highest BCUT2D eigenvalue weighted by Crippen LogP contribution is 2.26. The van der Waals surface area contributed by atoms with Crippen molar-refractivity contribution in [2.75, 3.05) is 26.4 Å². The van der Waals surface area contributed by atoms with Gasteiger partial charge in [0.1, 0.15) is 18.8 Å². The molecule has 0 aliphatic carbocycles. The molecular weight excluding hydrogens is 368 g/mol. The predicted octanol–water partition coefficient (Wildman–Crippen LogP) is 0.435. The minimum absolute atomic E-state index is 0.0654. The molecule has 0 fully saturated rings. The smallest absolute Gasteiger partial charge is 0.408 e. The van der Waals surface area contributed by atoms with E-state index in [0.29, 0.717) is 5.56 Å². The first-order valence-electron chi connectivity index (χ1n) is 7.68. The highest BCUT2D eigenvalue weighted by molar-refractivity contribution is 5.84. The Hall–Kier alpha value is -3.28. The molecule has 0 bridgehead atoms. The van der Waals surface area contributed by atoms with Crippen LogP contribution in [0.15, 0.2) is 18.2 Å². The molecule has 1 atom stereocenters. The summed E-state index contributed by atoms with van der Waals surface area (Å²) in [6.45, 7) is 0.634. The summed E-state index contributed by atoms with van der Waals surface area (Å²) in [5.41, 5.74) is -1.37. The lowest BCUT2D eigenvalue weighted by Gasteiger charge is -2.26. The van der Waals surface area contributed by atoms with Crippen LogP contribution < -0.4 is 5.32 Å². The number of carboxylic acids is 1. The zero-order chi connectivity index (χ0) is 20.4. The van der Waals surface area contributed by atoms with Crippen LogP contribution in [0.25, 0.3) is 0 Å². The molecule has 0 aromatic heterocycles. The fraction of sp³-hybridized carbons (Fsp3) is 0.467. The molecule has 150 valence electrons. The van der Waals surface area contributed by atoms with Crippen LogP contribution in [0.3, 0.4) is 0 Å². The molecule has 0 aliphatic heterocycles. The van der Waals surface area contributed by atoms with Crippen molar-refractivity contribution in [3.63, 3.8) is 0 Å². The van der Waals surface area contributed by atoms with Crippen molar-refractivity contribution in [2.24, 2.45) is 0 Å². The summed E-state index contributed by atoms with van der Waals surface area (Å²) in [5, 5.41) is 39.3. The van der Waals surface area contributed by atoms with Crippen molar-refractivity contribution in [3.05, 3.63) is 33.9 Å². The normalized spacial score (nSPS) is 12.6. The molecule has 1 rings (SSSR count). The number of ether oxygens (including phenoxy) is 2. The molecule has 1 amide bonds. The number of aromatic hydroxyl groups is 2. The van der Waals surface area contributed by atoms with Crippen LogP contribution in [0.1, 0.15) is 12.5 Å². The summed E-state index contributed by atoms with van der Waals surface area (Å²) in [6.07, 6.45) is -1.19. The quantitative estimate of drug-likeness (QED) is 0.180. The Morgan fingerprint density at radius 2 is 1.85 bits per heavy atom. The van der Waals surface area contributed by atoms with Crippen molar-refractivity contribution in [1.29, 1.82) is 0 Å². The van der Waals surface area contributed by atoms with E-state index >= 15 is 0 Å². The molecule has 1 aromatic rings. The van der Waals surface area contributed by atoms with Crippen LogP contribution in [0, 0.1) is 10.1 Å². The zero-order valence-electron chi connectivity index (χ0n) is 14.4. The highest BCUT2D eigenvalue weighted by atomic mass is 17.0. The Labute approximate surface area is 153 Å². The van der Waals surface area contributed by atoms with Crippen molar-refractivity contribution >= 4 is 12.1 Å². The number of hydrogen-bond acceptors (Lipinski definition) is 9. The Kier molecular flexibility index (Phi) is 8.07. The van der Waals surface area contributed by atoms with Gasteiger partial charge < -0.3 is 34.9 Å². The minimum Gasteiger partial charge on any atom is -0.504 e. The predicted molar refractivity (Wildman–Crippen MR) is 87.8 cm³/mol. The Morgan fingerprint density at radius 1 is 1.19 bits per heavy atom. The number of nitrogens with zero attached hydrogens (tertiary/aromatic N) is 1. The van der Waals surface area contributed by atoms with Gasteiger partial charge in [0.15, 0.2) is 11.5 Å². The molecule has 1 unspecified atom stereocenters. The first-order valence-corrected chi connectivity index (χ1v) is 7.68. The SMILES string of the molecule is CC(Cc1ccc(O)c(O)c1)(NC(=O)OCCOCCO[N+](=O)[O-])C(=O)O. The summed E-state index contributed by atoms with van der Waals surface area (Å²) in [6, 6.07) is 3.79. The zero-order valence-corrected chi connectivity index (χ0v) is 14.4. The van der Waals surface area contributed by atoms with Crippen molar-refractivity contribution in [1.82, 2.24) is 5.32 Å². The number of hydrogen-bond donors (Lipinski definition) is 4. The highest BCUT2D eigenvalue weighted by Gasteiger charge is 2.36. The Bertz CT molecular complexity index is 681. The van der Waals surface area contributed by atoms with Crippen molar-refractivity contribution in [2.45, 2.75) is 18.9 Å². The molecule has 0 radical (unpaired) electrons. The molecule has 0 heterocycles. The van der Waals surface area contributed by atoms with Crippen LogP contribution in [0.4, 0.5) is 4.79 Å². The van der Waals surface area contributed by atoms with Crippen molar-refractivity contribution < 1.29 is 44.3 Å². The number of phenols is 2. The number of rotatable bonds is 11. The van der Waals surface area contributed by atoms with E-state index in [4.69, 9.17) is 9.47 Å². The van der Waals surface area contributed by atoms with Crippen LogP contribution in [0.2, 0.25) is 0 Å². The molecule has 0 saturated carbocycles. The molecule has 27 heavy (non-hydrogen) atoms. The summed E-state index contributed by atoms with van der Waals surface area (Å²) < 4.78 is 9.72. The maximum Gasteiger partial charge on any atom is 0.408 e. The van der Waals surface area contributed by atoms with E-state index in [0.717, 1.165) is 0 Å². The second-order valence-corrected chi connectivity index (χ2v) is 5.57. The molecule has 1 aromatic carbocycles. The second-order valence-electron chi connectivity index (χ2n) is 5.57. The number of alkyl carbamates (subject to hydrolysis) is 1. The topological polar surface area (TPSA) is 178 Å². The average molecular weight is 388 g/mol. The van der Waals surface area contributed by atoms with Gasteiger partial charge in [-0.15, -0.1) is 10.1 Å². The number of carbonyl (C=O) groups is 2. The lowest BCUT2D eigenvalue weighted by molar-refractivity contribution is -0.758. The van der Waals surface area contributed by atoms with Gasteiger partial charge in [-0.3, -0.25) is 0 Å². The van der Waals surface area contributed by atoms with E-state index in [9.17, 15) is 35.0 Å². The van der Waals surface area contributed by atoms with E-state index in [-0.39, 0.29) is 38.6 Å². The molecule has 0 saturated heterocycles. The summed E-state index contributed by atoms with van der Waals surface area (Å²) in [4.78, 5) is 37.3. The van der Waals surface area contributed by atoms with Gasteiger partial charge in [-0.1, -0.05) is 6.07 Å². The van der Waals surface area contributed by atoms with Gasteiger partial charge in [0.05, 0.1) is 13.2 Å². The summed E-state index contributed by atoms with van der Waals surface area (Å²) in [5.74, 6) is -2.10. The number of carbonyl (C=O) groups excluding carboxylic acids is 1. The molecule has 0 spiro atoms. The Morgan fingerprint density at radius 3 is 2.44 bits per heavy atom.